The number of carbonyl (C=O) groups excluding carboxylic acids is 1. The number of ketones is 1. The lowest BCUT2D eigenvalue weighted by molar-refractivity contribution is -0.122. The van der Waals surface area contributed by atoms with Crippen LogP contribution in [0.5, 0.6) is 0 Å². The topological polar surface area (TPSA) is 51.2 Å². The Balaban J connectivity index is 1.69. The van der Waals surface area contributed by atoms with Crippen LogP contribution in [0.15, 0.2) is 35.7 Å². The quantitative estimate of drug-likeness (QED) is 0.919. The van der Waals surface area contributed by atoms with E-state index in [4.69, 9.17) is 4.74 Å². The van der Waals surface area contributed by atoms with Crippen LogP contribution in [0.1, 0.15) is 5.01 Å². The third kappa shape index (κ3) is 3.20. The molecule has 0 bridgehead atoms. The number of nitrogens with one attached hydrogen (secondary N) is 1. The van der Waals surface area contributed by atoms with E-state index in [1.165, 1.54) is 0 Å². The number of carbonyl (C=O) groups is 1. The third-order valence-corrected chi connectivity index (χ3v) is 4.66. The highest BCUT2D eigenvalue weighted by molar-refractivity contribution is 7.10. The van der Waals surface area contributed by atoms with Crippen molar-refractivity contribution in [2.24, 2.45) is 5.92 Å². The molecule has 2 unspecified atom stereocenters. The van der Waals surface area contributed by atoms with Crippen molar-refractivity contribution >= 4 is 17.1 Å². The van der Waals surface area contributed by atoms with E-state index in [0.29, 0.717) is 19.6 Å². The summed E-state index contributed by atoms with van der Waals surface area (Å²) >= 11 is 1.55. The summed E-state index contributed by atoms with van der Waals surface area (Å²) in [6.45, 7) is 1.13. The van der Waals surface area contributed by atoms with Crippen LogP contribution in [-0.4, -0.2) is 37.1 Å². The van der Waals surface area contributed by atoms with Gasteiger partial charge in [0.15, 0.2) is 0 Å². The van der Waals surface area contributed by atoms with E-state index in [9.17, 15) is 4.79 Å². The molecule has 2 aromatic rings. The van der Waals surface area contributed by atoms with Gasteiger partial charge in [0.05, 0.1) is 31.2 Å². The number of hydrogen-bond donors (Lipinski definition) is 1. The Morgan fingerprint density at radius 2 is 2.19 bits per heavy atom. The standard InChI is InChI=1S/C16H18N2O2S/c1-17-13-9-20-8-12(13)15(19)7-16-18-14(10-21-16)11-5-3-2-4-6-11/h2-6,10,12-13,17H,7-9H2,1H3. The molecule has 1 aromatic heterocycles. The average Bonchev–Trinajstić information content (AvgIpc) is 3.16. The number of aromatic nitrogens is 1. The summed E-state index contributed by atoms with van der Waals surface area (Å²) in [4.78, 5) is 17.0. The van der Waals surface area contributed by atoms with Crippen LogP contribution >= 0.6 is 11.3 Å². The van der Waals surface area contributed by atoms with Crippen molar-refractivity contribution in [2.45, 2.75) is 12.5 Å². The molecule has 1 fully saturated rings. The van der Waals surface area contributed by atoms with Crippen molar-refractivity contribution in [3.05, 3.63) is 40.7 Å². The predicted octanol–water partition coefficient (Wildman–Crippen LogP) is 2.16. The molecule has 1 aromatic carbocycles. The van der Waals surface area contributed by atoms with Crippen LogP contribution in [0.3, 0.4) is 0 Å². The van der Waals surface area contributed by atoms with Crippen LogP contribution in [-0.2, 0) is 16.0 Å². The van der Waals surface area contributed by atoms with Gasteiger partial charge in [-0.25, -0.2) is 4.98 Å². The van der Waals surface area contributed by atoms with Gasteiger partial charge >= 0.3 is 0 Å². The number of rotatable bonds is 5. The first kappa shape index (κ1) is 14.4. The zero-order chi connectivity index (χ0) is 14.7. The number of nitrogens with zero attached hydrogens (tertiary/aromatic N) is 1. The first-order chi connectivity index (χ1) is 10.3. The monoisotopic (exact) mass is 302 g/mol. The molecular weight excluding hydrogens is 284 g/mol. The molecule has 1 saturated heterocycles. The minimum atomic E-state index is -0.0564. The molecule has 0 spiro atoms. The van der Waals surface area contributed by atoms with E-state index in [0.717, 1.165) is 16.3 Å². The van der Waals surface area contributed by atoms with Crippen molar-refractivity contribution < 1.29 is 9.53 Å². The van der Waals surface area contributed by atoms with Gasteiger partial charge in [-0.2, -0.15) is 0 Å². The Kier molecular flexibility index (Phi) is 4.43. The van der Waals surface area contributed by atoms with Crippen molar-refractivity contribution in [1.29, 1.82) is 0 Å². The second kappa shape index (κ2) is 6.47. The first-order valence-electron chi connectivity index (χ1n) is 7.05. The normalized spacial score (nSPS) is 21.6. The molecule has 0 aliphatic carbocycles. The van der Waals surface area contributed by atoms with Gasteiger partial charge < -0.3 is 10.1 Å². The van der Waals surface area contributed by atoms with Gasteiger partial charge in [0.25, 0.3) is 0 Å². The maximum Gasteiger partial charge on any atom is 0.146 e. The zero-order valence-corrected chi connectivity index (χ0v) is 12.7. The smallest absolute Gasteiger partial charge is 0.146 e. The summed E-state index contributed by atoms with van der Waals surface area (Å²) in [5, 5.41) is 6.04. The lowest BCUT2D eigenvalue weighted by Gasteiger charge is -2.14. The molecular formula is C16H18N2O2S. The summed E-state index contributed by atoms with van der Waals surface area (Å²) in [6, 6.07) is 10.2. The second-order valence-electron chi connectivity index (χ2n) is 5.17. The van der Waals surface area contributed by atoms with Crippen molar-refractivity contribution in [2.75, 3.05) is 20.3 Å². The van der Waals surface area contributed by atoms with Crippen LogP contribution in [0.2, 0.25) is 0 Å². The van der Waals surface area contributed by atoms with E-state index in [1.807, 2.05) is 42.8 Å². The highest BCUT2D eigenvalue weighted by Crippen LogP contribution is 2.23. The molecule has 110 valence electrons. The van der Waals surface area contributed by atoms with E-state index >= 15 is 0 Å². The zero-order valence-electron chi connectivity index (χ0n) is 11.9. The van der Waals surface area contributed by atoms with Crippen LogP contribution in [0, 0.1) is 5.92 Å². The molecule has 5 heteroatoms. The second-order valence-corrected chi connectivity index (χ2v) is 6.12. The Bertz CT molecular complexity index is 612. The Morgan fingerprint density at radius 3 is 2.95 bits per heavy atom. The maximum atomic E-state index is 12.4. The van der Waals surface area contributed by atoms with E-state index in [-0.39, 0.29) is 17.7 Å². The molecule has 3 rings (SSSR count). The SMILES string of the molecule is CNC1COCC1C(=O)Cc1nc(-c2ccccc2)cs1. The van der Waals surface area contributed by atoms with Gasteiger partial charge in [-0.15, -0.1) is 11.3 Å². The molecule has 2 atom stereocenters. The number of Topliss-reactive ketones (excluding diaryl/α,β-unsaturated/α-hetero) is 1. The van der Waals surface area contributed by atoms with Gasteiger partial charge in [0, 0.05) is 17.0 Å². The van der Waals surface area contributed by atoms with Gasteiger partial charge in [-0.1, -0.05) is 30.3 Å². The Hall–Kier alpha value is -1.56. The lowest BCUT2D eigenvalue weighted by atomic mass is 9.97. The third-order valence-electron chi connectivity index (χ3n) is 3.81. The Labute approximate surface area is 128 Å². The minimum Gasteiger partial charge on any atom is -0.379 e. The molecule has 1 aliphatic heterocycles. The van der Waals surface area contributed by atoms with Crippen molar-refractivity contribution in [3.63, 3.8) is 0 Å². The van der Waals surface area contributed by atoms with Crippen LogP contribution in [0.25, 0.3) is 11.3 Å². The van der Waals surface area contributed by atoms with Crippen LogP contribution < -0.4 is 5.32 Å². The van der Waals surface area contributed by atoms with E-state index < -0.39 is 0 Å². The number of hydrogen-bond acceptors (Lipinski definition) is 5. The average molecular weight is 302 g/mol. The molecule has 21 heavy (non-hydrogen) atoms. The first-order valence-corrected chi connectivity index (χ1v) is 7.93. The predicted molar refractivity (Wildman–Crippen MR) is 83.4 cm³/mol. The molecule has 0 radical (unpaired) electrons. The summed E-state index contributed by atoms with van der Waals surface area (Å²) in [6.07, 6.45) is 0.393. The molecule has 0 amide bonds. The minimum absolute atomic E-state index is 0.0564. The summed E-state index contributed by atoms with van der Waals surface area (Å²) in [5.74, 6) is 0.153. The fourth-order valence-corrected chi connectivity index (χ4v) is 3.38. The number of thiazole rings is 1. The molecule has 1 N–H and O–H groups in total. The Morgan fingerprint density at radius 1 is 1.38 bits per heavy atom. The molecule has 1 aliphatic rings. The van der Waals surface area contributed by atoms with Crippen LogP contribution in [0.4, 0.5) is 0 Å². The van der Waals surface area contributed by atoms with E-state index in [2.05, 4.69) is 10.3 Å². The summed E-state index contributed by atoms with van der Waals surface area (Å²) in [5.41, 5.74) is 2.03. The van der Waals surface area contributed by atoms with Gasteiger partial charge in [-0.05, 0) is 7.05 Å². The number of ether oxygens (including phenoxy) is 1. The van der Waals surface area contributed by atoms with Crippen molar-refractivity contribution in [1.82, 2.24) is 10.3 Å². The molecule has 2 heterocycles. The lowest BCUT2D eigenvalue weighted by Crippen LogP contribution is -2.37. The molecule has 4 nitrogen and oxygen atoms in total. The number of likely N-dealkylation sites (N-methyl/N-ethyl adjacent to an activating group) is 1. The van der Waals surface area contributed by atoms with Gasteiger partial charge in [0.2, 0.25) is 0 Å². The van der Waals surface area contributed by atoms with E-state index in [1.54, 1.807) is 11.3 Å². The highest BCUT2D eigenvalue weighted by atomic mass is 32.1. The summed E-state index contributed by atoms with van der Waals surface area (Å²) in [7, 11) is 1.87. The number of benzene rings is 1. The van der Waals surface area contributed by atoms with Crippen molar-refractivity contribution in [3.8, 4) is 11.3 Å². The maximum absolute atomic E-state index is 12.4. The van der Waals surface area contributed by atoms with Gasteiger partial charge in [0.1, 0.15) is 10.8 Å². The fourth-order valence-electron chi connectivity index (χ4n) is 2.57. The van der Waals surface area contributed by atoms with Gasteiger partial charge in [-0.3, -0.25) is 4.79 Å². The highest BCUT2D eigenvalue weighted by Gasteiger charge is 2.32. The fraction of sp³-hybridized carbons (Fsp3) is 0.375. The largest absolute Gasteiger partial charge is 0.379 e. The summed E-state index contributed by atoms with van der Waals surface area (Å²) < 4.78 is 5.39. The molecule has 0 saturated carbocycles.